The zero-order chi connectivity index (χ0) is 18.6. The lowest BCUT2D eigenvalue weighted by atomic mass is 10.1. The molecule has 1 aliphatic heterocycles. The Bertz CT molecular complexity index is 542. The fraction of sp³-hybridized carbons (Fsp3) is 0.650. The van der Waals surface area contributed by atoms with Gasteiger partial charge in [-0.3, -0.25) is 4.99 Å². The zero-order valence-electron chi connectivity index (χ0n) is 16.2. The van der Waals surface area contributed by atoms with Crippen molar-refractivity contribution >= 4 is 5.96 Å². The van der Waals surface area contributed by atoms with Gasteiger partial charge in [0.15, 0.2) is 5.96 Å². The van der Waals surface area contributed by atoms with Crippen molar-refractivity contribution in [2.45, 2.75) is 38.7 Å². The Morgan fingerprint density at radius 2 is 2.04 bits per heavy atom. The molecule has 6 heteroatoms. The van der Waals surface area contributed by atoms with Crippen molar-refractivity contribution < 1.29 is 9.84 Å². The molecule has 0 unspecified atom stereocenters. The number of guanidine groups is 1. The molecular weight excluding hydrogens is 328 g/mol. The number of para-hydroxylation sites is 1. The predicted octanol–water partition coefficient (Wildman–Crippen LogP) is 1.64. The van der Waals surface area contributed by atoms with E-state index in [1.54, 1.807) is 7.11 Å². The predicted molar refractivity (Wildman–Crippen MR) is 107 cm³/mol. The number of ether oxygens (including phenoxy) is 1. The molecule has 1 aromatic rings. The molecule has 0 radical (unpaired) electrons. The van der Waals surface area contributed by atoms with E-state index in [1.165, 1.54) is 5.56 Å². The van der Waals surface area contributed by atoms with Crippen molar-refractivity contribution in [3.63, 3.8) is 0 Å². The van der Waals surface area contributed by atoms with E-state index in [1.807, 2.05) is 18.2 Å². The van der Waals surface area contributed by atoms with Crippen LogP contribution >= 0.6 is 0 Å². The molecular formula is C20H34N4O2. The van der Waals surface area contributed by atoms with E-state index in [0.717, 1.165) is 76.7 Å². The van der Waals surface area contributed by atoms with Crippen molar-refractivity contribution in [3.8, 4) is 5.75 Å². The fourth-order valence-corrected chi connectivity index (χ4v) is 3.19. The summed E-state index contributed by atoms with van der Waals surface area (Å²) in [5.41, 5.74) is 1.20. The zero-order valence-corrected chi connectivity index (χ0v) is 16.2. The lowest BCUT2D eigenvalue weighted by Gasteiger charge is -2.29. The van der Waals surface area contributed by atoms with Crippen LogP contribution in [0.3, 0.4) is 0 Å². The minimum atomic E-state index is -0.0999. The number of aliphatic hydroxyl groups is 1. The van der Waals surface area contributed by atoms with E-state index in [4.69, 9.17) is 4.74 Å². The van der Waals surface area contributed by atoms with Crippen LogP contribution in [0.25, 0.3) is 0 Å². The summed E-state index contributed by atoms with van der Waals surface area (Å²) in [4.78, 5) is 7.09. The van der Waals surface area contributed by atoms with Crippen molar-refractivity contribution in [1.29, 1.82) is 0 Å². The number of rotatable bonds is 9. The van der Waals surface area contributed by atoms with Gasteiger partial charge in [-0.25, -0.2) is 0 Å². The number of aliphatic imine (C=N–C) groups is 1. The molecule has 1 aromatic carbocycles. The molecule has 0 aromatic heterocycles. The Morgan fingerprint density at radius 3 is 2.77 bits per heavy atom. The third-order valence-electron chi connectivity index (χ3n) is 4.68. The van der Waals surface area contributed by atoms with Gasteiger partial charge in [-0.05, 0) is 50.8 Å². The third kappa shape index (κ3) is 7.22. The van der Waals surface area contributed by atoms with Crippen LogP contribution in [0.15, 0.2) is 29.3 Å². The van der Waals surface area contributed by atoms with Crippen LogP contribution in [0.1, 0.15) is 31.7 Å². The number of nitrogens with one attached hydrogen (secondary N) is 2. The Morgan fingerprint density at radius 1 is 1.27 bits per heavy atom. The van der Waals surface area contributed by atoms with E-state index in [0.29, 0.717) is 0 Å². The number of methoxy groups -OCH3 is 1. The Kier molecular flexibility index (Phi) is 9.28. The summed E-state index contributed by atoms with van der Waals surface area (Å²) in [7, 11) is 1.71. The molecule has 3 N–H and O–H groups in total. The fourth-order valence-electron chi connectivity index (χ4n) is 3.19. The van der Waals surface area contributed by atoms with Crippen molar-refractivity contribution in [2.75, 3.05) is 46.4 Å². The highest BCUT2D eigenvalue weighted by molar-refractivity contribution is 5.79. The first-order valence-corrected chi connectivity index (χ1v) is 9.77. The molecule has 1 aliphatic rings. The molecule has 0 saturated carbocycles. The number of hydrogen-bond donors (Lipinski definition) is 3. The van der Waals surface area contributed by atoms with Gasteiger partial charge in [0.2, 0.25) is 0 Å². The third-order valence-corrected chi connectivity index (χ3v) is 4.68. The number of benzene rings is 1. The molecule has 0 spiro atoms. The molecule has 1 saturated heterocycles. The summed E-state index contributed by atoms with van der Waals surface area (Å²) in [5, 5.41) is 16.3. The number of nitrogens with zero attached hydrogens (tertiary/aromatic N) is 2. The topological polar surface area (TPSA) is 69.1 Å². The van der Waals surface area contributed by atoms with Crippen molar-refractivity contribution in [2.24, 2.45) is 4.99 Å². The second kappa shape index (κ2) is 11.8. The molecule has 0 atom stereocenters. The lowest BCUT2D eigenvalue weighted by Crippen LogP contribution is -2.39. The lowest BCUT2D eigenvalue weighted by molar-refractivity contribution is 0.0824. The number of likely N-dealkylation sites (tertiary alicyclic amines) is 1. The van der Waals surface area contributed by atoms with Crippen LogP contribution in [0.2, 0.25) is 0 Å². The second-order valence-corrected chi connectivity index (χ2v) is 6.68. The van der Waals surface area contributed by atoms with Gasteiger partial charge in [0.05, 0.1) is 13.2 Å². The SMILES string of the molecule is CCNC(=NCCCN1CCC(O)CC1)NCCc1ccccc1OC. The standard InChI is InChI=1S/C20H34N4O2/c1-3-21-20(22-12-6-14-24-15-10-18(25)11-16-24)23-13-9-17-7-4-5-8-19(17)26-2/h4-5,7-8,18,25H,3,6,9-16H2,1-2H3,(H2,21,22,23). The number of hydrogen-bond acceptors (Lipinski definition) is 4. The molecule has 26 heavy (non-hydrogen) atoms. The molecule has 1 fully saturated rings. The maximum atomic E-state index is 9.56. The van der Waals surface area contributed by atoms with Gasteiger partial charge in [0, 0.05) is 32.7 Å². The van der Waals surface area contributed by atoms with E-state index in [9.17, 15) is 5.11 Å². The van der Waals surface area contributed by atoms with E-state index >= 15 is 0 Å². The van der Waals surface area contributed by atoms with Crippen LogP contribution in [0, 0.1) is 0 Å². The highest BCUT2D eigenvalue weighted by Crippen LogP contribution is 2.17. The average Bonchev–Trinajstić information content (AvgIpc) is 2.67. The van der Waals surface area contributed by atoms with Gasteiger partial charge in [-0.1, -0.05) is 18.2 Å². The van der Waals surface area contributed by atoms with Gasteiger partial charge in [0.1, 0.15) is 5.75 Å². The van der Waals surface area contributed by atoms with Gasteiger partial charge in [-0.2, -0.15) is 0 Å². The maximum Gasteiger partial charge on any atom is 0.191 e. The number of aliphatic hydroxyl groups excluding tert-OH is 1. The average molecular weight is 363 g/mol. The van der Waals surface area contributed by atoms with E-state index < -0.39 is 0 Å². The first-order valence-electron chi connectivity index (χ1n) is 9.77. The summed E-state index contributed by atoms with van der Waals surface area (Å²) in [6.07, 6.45) is 3.63. The second-order valence-electron chi connectivity index (χ2n) is 6.68. The van der Waals surface area contributed by atoms with Crippen molar-refractivity contribution in [1.82, 2.24) is 15.5 Å². The Balaban J connectivity index is 1.70. The Hall–Kier alpha value is -1.79. The monoisotopic (exact) mass is 362 g/mol. The van der Waals surface area contributed by atoms with Crippen LogP contribution in [-0.2, 0) is 6.42 Å². The van der Waals surface area contributed by atoms with Gasteiger partial charge < -0.3 is 25.4 Å². The minimum Gasteiger partial charge on any atom is -0.496 e. The molecule has 2 rings (SSSR count). The van der Waals surface area contributed by atoms with Gasteiger partial charge in [0.25, 0.3) is 0 Å². The summed E-state index contributed by atoms with van der Waals surface area (Å²) in [6, 6.07) is 8.12. The number of piperidine rings is 1. The first-order chi connectivity index (χ1) is 12.7. The highest BCUT2D eigenvalue weighted by atomic mass is 16.5. The molecule has 146 valence electrons. The van der Waals surface area contributed by atoms with Crippen LogP contribution in [-0.4, -0.2) is 68.4 Å². The smallest absolute Gasteiger partial charge is 0.191 e. The minimum absolute atomic E-state index is 0.0999. The van der Waals surface area contributed by atoms with Gasteiger partial charge >= 0.3 is 0 Å². The summed E-state index contributed by atoms with van der Waals surface area (Å²) in [6.45, 7) is 7.61. The molecule has 1 heterocycles. The summed E-state index contributed by atoms with van der Waals surface area (Å²) >= 11 is 0. The van der Waals surface area contributed by atoms with E-state index in [-0.39, 0.29) is 6.10 Å². The largest absolute Gasteiger partial charge is 0.496 e. The van der Waals surface area contributed by atoms with Crippen molar-refractivity contribution in [3.05, 3.63) is 29.8 Å². The molecule has 0 bridgehead atoms. The normalized spacial score (nSPS) is 16.5. The highest BCUT2D eigenvalue weighted by Gasteiger charge is 2.15. The molecule has 0 amide bonds. The van der Waals surface area contributed by atoms with Gasteiger partial charge in [-0.15, -0.1) is 0 Å². The van der Waals surface area contributed by atoms with E-state index in [2.05, 4.69) is 33.5 Å². The van der Waals surface area contributed by atoms with Crippen LogP contribution in [0.4, 0.5) is 0 Å². The van der Waals surface area contributed by atoms with Crippen LogP contribution in [0.5, 0.6) is 5.75 Å². The Labute approximate surface area is 157 Å². The maximum absolute atomic E-state index is 9.56. The quantitative estimate of drug-likeness (QED) is 0.354. The summed E-state index contributed by atoms with van der Waals surface area (Å²) < 4.78 is 5.40. The van der Waals surface area contributed by atoms with Crippen LogP contribution < -0.4 is 15.4 Å². The molecule has 0 aliphatic carbocycles. The molecule has 6 nitrogen and oxygen atoms in total. The summed E-state index contributed by atoms with van der Waals surface area (Å²) in [5.74, 6) is 1.80. The first kappa shape index (κ1) is 20.5.